The second kappa shape index (κ2) is 5.64. The molecule has 96 valence electrons. The van der Waals surface area contributed by atoms with E-state index in [2.05, 4.69) is 36.5 Å². The lowest BCUT2D eigenvalue weighted by Gasteiger charge is -2.30. The van der Waals surface area contributed by atoms with Gasteiger partial charge in [0.1, 0.15) is 22.4 Å². The molecule has 0 spiro atoms. The third kappa shape index (κ3) is 3.54. The number of hydrogen-bond donors (Lipinski definition) is 3. The maximum atomic E-state index is 9.67. The van der Waals surface area contributed by atoms with E-state index in [1.54, 1.807) is 6.92 Å². The van der Waals surface area contributed by atoms with Crippen molar-refractivity contribution >= 4 is 27.6 Å². The topological polar surface area (TPSA) is 70.1 Å². The normalized spacial score (nSPS) is 13.3. The SMILES string of the molecule is CCNc1ncnc(NC(C)(C)C(C)O)c1Br. The fourth-order valence-electron chi connectivity index (χ4n) is 1.16. The van der Waals surface area contributed by atoms with Crippen LogP contribution >= 0.6 is 15.9 Å². The van der Waals surface area contributed by atoms with Gasteiger partial charge in [0.05, 0.1) is 11.6 Å². The Morgan fingerprint density at radius 1 is 1.41 bits per heavy atom. The van der Waals surface area contributed by atoms with Crippen molar-refractivity contribution in [2.75, 3.05) is 17.2 Å². The maximum absolute atomic E-state index is 9.67. The highest BCUT2D eigenvalue weighted by molar-refractivity contribution is 9.10. The molecule has 1 atom stereocenters. The number of nitrogens with one attached hydrogen (secondary N) is 2. The minimum Gasteiger partial charge on any atom is -0.391 e. The summed E-state index contributed by atoms with van der Waals surface area (Å²) in [7, 11) is 0. The van der Waals surface area contributed by atoms with Crippen LogP contribution in [0, 0.1) is 0 Å². The molecule has 0 amide bonds. The van der Waals surface area contributed by atoms with Gasteiger partial charge in [0, 0.05) is 6.54 Å². The zero-order valence-electron chi connectivity index (χ0n) is 10.6. The van der Waals surface area contributed by atoms with E-state index in [9.17, 15) is 5.11 Å². The summed E-state index contributed by atoms with van der Waals surface area (Å²) in [6.07, 6.45) is 0.996. The first-order valence-corrected chi connectivity index (χ1v) is 6.38. The molecular weight excluding hydrogens is 284 g/mol. The van der Waals surface area contributed by atoms with Crippen LogP contribution in [0.1, 0.15) is 27.7 Å². The molecule has 0 saturated heterocycles. The number of aliphatic hydroxyl groups excluding tert-OH is 1. The van der Waals surface area contributed by atoms with Gasteiger partial charge in [-0.25, -0.2) is 9.97 Å². The fraction of sp³-hybridized carbons (Fsp3) is 0.636. The molecule has 3 N–H and O–H groups in total. The molecule has 0 fully saturated rings. The Kier molecular flexibility index (Phi) is 4.70. The van der Waals surface area contributed by atoms with Gasteiger partial charge in [0.25, 0.3) is 0 Å². The van der Waals surface area contributed by atoms with E-state index in [0.717, 1.165) is 16.8 Å². The van der Waals surface area contributed by atoms with Gasteiger partial charge in [-0.2, -0.15) is 0 Å². The van der Waals surface area contributed by atoms with Crippen LogP contribution in [-0.2, 0) is 0 Å². The summed E-state index contributed by atoms with van der Waals surface area (Å²) in [5.41, 5.74) is -0.458. The first-order chi connectivity index (χ1) is 7.88. The van der Waals surface area contributed by atoms with E-state index in [0.29, 0.717) is 5.82 Å². The predicted molar refractivity (Wildman–Crippen MR) is 73.3 cm³/mol. The van der Waals surface area contributed by atoms with Gasteiger partial charge in [-0.05, 0) is 43.6 Å². The van der Waals surface area contributed by atoms with E-state index in [1.807, 2.05) is 20.8 Å². The molecule has 1 aromatic rings. The third-order valence-electron chi connectivity index (χ3n) is 2.62. The fourth-order valence-corrected chi connectivity index (χ4v) is 1.60. The number of nitrogens with zero attached hydrogens (tertiary/aromatic N) is 2. The molecule has 0 aliphatic heterocycles. The molecule has 1 heterocycles. The summed E-state index contributed by atoms with van der Waals surface area (Å²) >= 11 is 3.45. The largest absolute Gasteiger partial charge is 0.391 e. The van der Waals surface area contributed by atoms with Crippen molar-refractivity contribution in [3.8, 4) is 0 Å². The van der Waals surface area contributed by atoms with Crippen LogP contribution < -0.4 is 10.6 Å². The Morgan fingerprint density at radius 3 is 2.53 bits per heavy atom. The Labute approximate surface area is 110 Å². The molecule has 0 radical (unpaired) electrons. The number of rotatable bonds is 5. The Morgan fingerprint density at radius 2 is 2.00 bits per heavy atom. The van der Waals surface area contributed by atoms with E-state index < -0.39 is 11.6 Å². The predicted octanol–water partition coefficient (Wildman–Crippen LogP) is 2.24. The van der Waals surface area contributed by atoms with Crippen LogP contribution in [0.2, 0.25) is 0 Å². The second-order valence-electron chi connectivity index (χ2n) is 4.44. The van der Waals surface area contributed by atoms with Crippen molar-refractivity contribution in [2.24, 2.45) is 0 Å². The molecule has 0 aromatic carbocycles. The quantitative estimate of drug-likeness (QED) is 0.778. The van der Waals surface area contributed by atoms with Gasteiger partial charge in [0.2, 0.25) is 0 Å². The monoisotopic (exact) mass is 302 g/mol. The highest BCUT2D eigenvalue weighted by Gasteiger charge is 2.25. The molecule has 0 saturated carbocycles. The van der Waals surface area contributed by atoms with Crippen molar-refractivity contribution in [2.45, 2.75) is 39.3 Å². The Bertz CT molecular complexity index is 382. The molecule has 1 aromatic heterocycles. The molecule has 5 nitrogen and oxygen atoms in total. The van der Waals surface area contributed by atoms with Crippen LogP contribution in [0.3, 0.4) is 0 Å². The average Bonchev–Trinajstić information content (AvgIpc) is 2.24. The highest BCUT2D eigenvalue weighted by Crippen LogP contribution is 2.29. The van der Waals surface area contributed by atoms with Crippen LogP contribution in [0.4, 0.5) is 11.6 Å². The zero-order valence-corrected chi connectivity index (χ0v) is 12.2. The molecule has 0 aliphatic rings. The van der Waals surface area contributed by atoms with Gasteiger partial charge in [-0.15, -0.1) is 0 Å². The molecule has 6 heteroatoms. The lowest BCUT2D eigenvalue weighted by Crippen LogP contribution is -2.42. The second-order valence-corrected chi connectivity index (χ2v) is 5.23. The third-order valence-corrected chi connectivity index (χ3v) is 3.37. The zero-order chi connectivity index (χ0) is 13.1. The molecule has 17 heavy (non-hydrogen) atoms. The standard InChI is InChI=1S/C11H19BrN4O/c1-5-13-9-8(12)10(15-6-14-9)16-11(3,4)7(2)17/h6-7,17H,5H2,1-4H3,(H2,13,14,15,16). The van der Waals surface area contributed by atoms with Gasteiger partial charge in [-0.1, -0.05) is 0 Å². The van der Waals surface area contributed by atoms with E-state index >= 15 is 0 Å². The summed E-state index contributed by atoms with van der Waals surface area (Å²) in [6, 6.07) is 0. The van der Waals surface area contributed by atoms with E-state index in [-0.39, 0.29) is 0 Å². The number of anilines is 2. The van der Waals surface area contributed by atoms with Crippen molar-refractivity contribution in [3.05, 3.63) is 10.8 Å². The van der Waals surface area contributed by atoms with Crippen LogP contribution in [0.25, 0.3) is 0 Å². The molecule has 1 unspecified atom stereocenters. The summed E-state index contributed by atoms with van der Waals surface area (Å²) < 4.78 is 0.774. The van der Waals surface area contributed by atoms with E-state index in [1.165, 1.54) is 6.33 Å². The van der Waals surface area contributed by atoms with Crippen molar-refractivity contribution in [1.82, 2.24) is 9.97 Å². The van der Waals surface area contributed by atoms with Gasteiger partial charge in [-0.3, -0.25) is 0 Å². The lowest BCUT2D eigenvalue weighted by molar-refractivity contribution is 0.133. The number of halogens is 1. The Hall–Kier alpha value is -0.880. The van der Waals surface area contributed by atoms with Gasteiger partial charge < -0.3 is 15.7 Å². The van der Waals surface area contributed by atoms with Crippen LogP contribution in [0.15, 0.2) is 10.8 Å². The lowest BCUT2D eigenvalue weighted by atomic mass is 9.99. The maximum Gasteiger partial charge on any atom is 0.146 e. The number of aromatic nitrogens is 2. The average molecular weight is 303 g/mol. The molecule has 1 rings (SSSR count). The number of aliphatic hydroxyl groups is 1. The van der Waals surface area contributed by atoms with E-state index in [4.69, 9.17) is 0 Å². The molecule has 0 aliphatic carbocycles. The van der Waals surface area contributed by atoms with Crippen molar-refractivity contribution in [3.63, 3.8) is 0 Å². The van der Waals surface area contributed by atoms with Gasteiger partial charge in [0.15, 0.2) is 0 Å². The van der Waals surface area contributed by atoms with Gasteiger partial charge >= 0.3 is 0 Å². The Balaban J connectivity index is 2.96. The summed E-state index contributed by atoms with van der Waals surface area (Å²) in [5, 5.41) is 16.0. The van der Waals surface area contributed by atoms with Crippen LogP contribution in [0.5, 0.6) is 0 Å². The highest BCUT2D eigenvalue weighted by atomic mass is 79.9. The molecular formula is C11H19BrN4O. The summed E-state index contributed by atoms with van der Waals surface area (Å²) in [6.45, 7) is 8.36. The first kappa shape index (κ1) is 14.2. The minimum atomic E-state index is -0.494. The molecule has 0 bridgehead atoms. The number of hydrogen-bond acceptors (Lipinski definition) is 5. The van der Waals surface area contributed by atoms with Crippen molar-refractivity contribution in [1.29, 1.82) is 0 Å². The first-order valence-electron chi connectivity index (χ1n) is 5.59. The summed E-state index contributed by atoms with van der Waals surface area (Å²) in [5.74, 6) is 1.41. The smallest absolute Gasteiger partial charge is 0.146 e. The van der Waals surface area contributed by atoms with Crippen LogP contribution in [-0.4, -0.2) is 33.3 Å². The minimum absolute atomic E-state index is 0.458. The summed E-state index contributed by atoms with van der Waals surface area (Å²) in [4.78, 5) is 8.30. The van der Waals surface area contributed by atoms with Crippen molar-refractivity contribution < 1.29 is 5.11 Å².